The molecule has 1 unspecified atom stereocenters. The molecule has 0 spiro atoms. The van der Waals surface area contributed by atoms with Crippen molar-refractivity contribution in [1.82, 2.24) is 4.98 Å². The lowest BCUT2D eigenvalue weighted by Crippen LogP contribution is -2.37. The van der Waals surface area contributed by atoms with Crippen LogP contribution >= 0.6 is 0 Å². The topological polar surface area (TPSA) is 57.7 Å². The predicted octanol–water partition coefficient (Wildman–Crippen LogP) is 6.61. The highest BCUT2D eigenvalue weighted by Gasteiger charge is 2.43. The third kappa shape index (κ3) is 9.42. The maximum Gasteiger partial charge on any atom is 0.427 e. The molecule has 0 fully saturated rings. The Hall–Kier alpha value is -2.61. The largest absolute Gasteiger partial charge is 0.492 e. The summed E-state index contributed by atoms with van der Waals surface area (Å²) in [6, 6.07) is 9.65. The molecule has 33 heavy (non-hydrogen) atoms. The van der Waals surface area contributed by atoms with Crippen molar-refractivity contribution in [3.8, 4) is 17.0 Å². The molecule has 0 aliphatic heterocycles. The molecule has 2 aromatic rings. The number of hydrogen-bond acceptors (Lipinski definition) is 5. The lowest BCUT2D eigenvalue weighted by atomic mass is 10.1. The van der Waals surface area contributed by atoms with Crippen LogP contribution in [0.3, 0.4) is 0 Å². The lowest BCUT2D eigenvalue weighted by molar-refractivity contribution is -0.215. The number of benzene rings is 1. The molecule has 0 N–H and O–H groups in total. The summed E-state index contributed by atoms with van der Waals surface area (Å²) < 4.78 is 53.5. The summed E-state index contributed by atoms with van der Waals surface area (Å²) in [6.07, 6.45) is 3.13. The summed E-state index contributed by atoms with van der Waals surface area (Å²) in [7, 11) is 1.11. The van der Waals surface area contributed by atoms with Gasteiger partial charge >= 0.3 is 12.1 Å². The van der Waals surface area contributed by atoms with Crippen LogP contribution in [-0.4, -0.2) is 43.6 Å². The number of ether oxygens (including phenoxy) is 3. The van der Waals surface area contributed by atoms with E-state index in [1.807, 2.05) is 6.07 Å². The second kappa shape index (κ2) is 13.8. The summed E-state index contributed by atoms with van der Waals surface area (Å²) in [5.41, 5.74) is 1.39. The molecule has 0 bridgehead atoms. The van der Waals surface area contributed by atoms with Crippen molar-refractivity contribution in [2.75, 3.05) is 20.3 Å². The van der Waals surface area contributed by atoms with Gasteiger partial charge in [0.05, 0.1) is 30.7 Å². The highest BCUT2D eigenvalue weighted by molar-refractivity contribution is 5.90. The monoisotopic (exact) mass is 467 g/mol. The molecule has 0 aliphatic rings. The minimum Gasteiger partial charge on any atom is -0.492 e. The van der Waals surface area contributed by atoms with Crippen LogP contribution < -0.4 is 4.74 Å². The number of hydrogen-bond donors (Lipinski definition) is 0. The average Bonchev–Trinajstić information content (AvgIpc) is 2.80. The summed E-state index contributed by atoms with van der Waals surface area (Å²) in [5.74, 6) is -0.385. The number of carbonyl (C=O) groups is 1. The molecule has 1 heterocycles. The molecule has 182 valence electrons. The van der Waals surface area contributed by atoms with E-state index >= 15 is 0 Å². The molecule has 5 nitrogen and oxygen atoms in total. The quantitative estimate of drug-likeness (QED) is 0.231. The zero-order valence-electron chi connectivity index (χ0n) is 19.2. The van der Waals surface area contributed by atoms with E-state index in [1.165, 1.54) is 44.2 Å². The van der Waals surface area contributed by atoms with Gasteiger partial charge in [-0.05, 0) is 30.7 Å². The van der Waals surface area contributed by atoms with Gasteiger partial charge in [0.15, 0.2) is 0 Å². The van der Waals surface area contributed by atoms with Crippen LogP contribution in [-0.2, 0) is 9.47 Å². The number of carbonyl (C=O) groups excluding carboxylic acids is 1. The van der Waals surface area contributed by atoms with Crippen LogP contribution in [0.15, 0.2) is 42.6 Å². The smallest absolute Gasteiger partial charge is 0.427 e. The fourth-order valence-corrected chi connectivity index (χ4v) is 3.21. The van der Waals surface area contributed by atoms with Gasteiger partial charge in [-0.3, -0.25) is 4.98 Å². The Bertz CT molecular complexity index is 823. The van der Waals surface area contributed by atoms with Crippen molar-refractivity contribution in [2.45, 2.75) is 64.1 Å². The van der Waals surface area contributed by atoms with Gasteiger partial charge in [0.25, 0.3) is 0 Å². The van der Waals surface area contributed by atoms with Gasteiger partial charge in [-0.15, -0.1) is 0 Å². The van der Waals surface area contributed by atoms with Crippen molar-refractivity contribution in [3.63, 3.8) is 0 Å². The van der Waals surface area contributed by atoms with Crippen molar-refractivity contribution in [1.29, 1.82) is 0 Å². The number of unbranched alkanes of at least 4 members (excludes halogenated alkanes) is 6. The number of esters is 1. The number of methoxy groups -OCH3 is 1. The molecule has 2 rings (SSSR count). The SMILES string of the molecule is CCCCCCCCCOc1ccc(-c2ccc(C(=O)OC(COC)C(F)(F)F)cc2)nc1. The Balaban J connectivity index is 1.83. The van der Waals surface area contributed by atoms with Crippen LogP contribution in [0.5, 0.6) is 5.75 Å². The third-order valence-electron chi connectivity index (χ3n) is 5.10. The van der Waals surface area contributed by atoms with Gasteiger partial charge < -0.3 is 14.2 Å². The Kier molecular flexibility index (Phi) is 11.2. The summed E-state index contributed by atoms with van der Waals surface area (Å²) >= 11 is 0. The van der Waals surface area contributed by atoms with E-state index in [1.54, 1.807) is 24.4 Å². The lowest BCUT2D eigenvalue weighted by Gasteiger charge is -2.19. The van der Waals surface area contributed by atoms with Gasteiger partial charge in [-0.25, -0.2) is 4.79 Å². The van der Waals surface area contributed by atoms with E-state index in [-0.39, 0.29) is 5.56 Å². The van der Waals surface area contributed by atoms with Crippen molar-refractivity contribution < 1.29 is 32.2 Å². The molecule has 8 heteroatoms. The first-order valence-corrected chi connectivity index (χ1v) is 11.3. The zero-order valence-corrected chi connectivity index (χ0v) is 19.2. The first kappa shape index (κ1) is 26.6. The minimum atomic E-state index is -4.70. The Morgan fingerprint density at radius 2 is 1.64 bits per heavy atom. The van der Waals surface area contributed by atoms with Crippen molar-refractivity contribution in [2.24, 2.45) is 0 Å². The van der Waals surface area contributed by atoms with E-state index in [0.717, 1.165) is 25.5 Å². The normalized spacial score (nSPS) is 12.4. The van der Waals surface area contributed by atoms with E-state index in [4.69, 9.17) is 4.74 Å². The van der Waals surface area contributed by atoms with E-state index in [9.17, 15) is 18.0 Å². The van der Waals surface area contributed by atoms with Crippen LogP contribution in [0, 0.1) is 0 Å². The fraction of sp³-hybridized carbons (Fsp3) is 0.520. The van der Waals surface area contributed by atoms with Crippen LogP contribution in [0.2, 0.25) is 0 Å². The van der Waals surface area contributed by atoms with Crippen LogP contribution in [0.25, 0.3) is 11.3 Å². The molecule has 1 aromatic heterocycles. The maximum atomic E-state index is 12.9. The third-order valence-corrected chi connectivity index (χ3v) is 5.10. The Labute approximate surface area is 193 Å². The molecule has 0 aliphatic carbocycles. The summed E-state index contributed by atoms with van der Waals surface area (Å²) in [4.78, 5) is 16.4. The van der Waals surface area contributed by atoms with Crippen LogP contribution in [0.1, 0.15) is 62.2 Å². The molecule has 0 amide bonds. The molecule has 1 atom stereocenters. The van der Waals surface area contributed by atoms with Gasteiger partial charge in [-0.2, -0.15) is 13.2 Å². The first-order valence-electron chi connectivity index (χ1n) is 11.3. The molecule has 0 saturated carbocycles. The maximum absolute atomic E-state index is 12.9. The number of aromatic nitrogens is 1. The first-order chi connectivity index (χ1) is 15.8. The predicted molar refractivity (Wildman–Crippen MR) is 120 cm³/mol. The second-order valence-corrected chi connectivity index (χ2v) is 7.82. The summed E-state index contributed by atoms with van der Waals surface area (Å²) in [6.45, 7) is 2.09. The molecular weight excluding hydrogens is 435 g/mol. The summed E-state index contributed by atoms with van der Waals surface area (Å²) in [5, 5.41) is 0. The van der Waals surface area contributed by atoms with E-state index in [0.29, 0.717) is 18.1 Å². The molecule has 0 saturated heterocycles. The molecule has 0 radical (unpaired) electrons. The molecular formula is C25H32F3NO4. The number of halogens is 3. The van der Waals surface area contributed by atoms with Gasteiger partial charge in [0, 0.05) is 12.7 Å². The number of alkyl halides is 3. The van der Waals surface area contributed by atoms with Gasteiger partial charge in [-0.1, -0.05) is 57.6 Å². The highest BCUT2D eigenvalue weighted by Crippen LogP contribution is 2.25. The van der Waals surface area contributed by atoms with Crippen molar-refractivity contribution >= 4 is 5.97 Å². The number of pyridine rings is 1. The van der Waals surface area contributed by atoms with Gasteiger partial charge in [0.2, 0.25) is 6.10 Å². The zero-order chi connectivity index (χ0) is 24.1. The van der Waals surface area contributed by atoms with Gasteiger partial charge in [0.1, 0.15) is 5.75 Å². The Morgan fingerprint density at radius 3 is 2.21 bits per heavy atom. The number of rotatable bonds is 14. The molecule has 1 aromatic carbocycles. The number of nitrogens with zero attached hydrogens (tertiary/aromatic N) is 1. The minimum absolute atomic E-state index is 0.0127. The van der Waals surface area contributed by atoms with Crippen molar-refractivity contribution in [3.05, 3.63) is 48.2 Å². The fourth-order valence-electron chi connectivity index (χ4n) is 3.21. The second-order valence-electron chi connectivity index (χ2n) is 7.82. The van der Waals surface area contributed by atoms with Crippen LogP contribution in [0.4, 0.5) is 13.2 Å². The highest BCUT2D eigenvalue weighted by atomic mass is 19.4. The Morgan fingerprint density at radius 1 is 0.970 bits per heavy atom. The standard InChI is InChI=1S/C25H32F3NO4/c1-3-4-5-6-7-8-9-16-32-21-14-15-22(29-17-21)19-10-12-20(13-11-19)24(30)33-23(18-31-2)25(26,27)28/h10-15,17,23H,3-9,16,18H2,1-2H3. The average molecular weight is 468 g/mol. The van der Waals surface area contributed by atoms with E-state index < -0.39 is 24.9 Å². The van der Waals surface area contributed by atoms with E-state index in [2.05, 4.69) is 21.4 Å².